The second-order valence-corrected chi connectivity index (χ2v) is 6.41. The Labute approximate surface area is 150 Å². The summed E-state index contributed by atoms with van der Waals surface area (Å²) in [6.07, 6.45) is 9.30. The molecule has 0 unspecified atom stereocenters. The van der Waals surface area contributed by atoms with Crippen molar-refractivity contribution in [2.24, 2.45) is 0 Å². The number of carboxylic acids is 1. The molecule has 0 saturated heterocycles. The molecule has 0 saturated carbocycles. The van der Waals surface area contributed by atoms with Gasteiger partial charge in [0.2, 0.25) is 5.91 Å². The lowest BCUT2D eigenvalue weighted by Gasteiger charge is -2.06. The van der Waals surface area contributed by atoms with Crippen LogP contribution in [-0.2, 0) is 9.59 Å². The van der Waals surface area contributed by atoms with Gasteiger partial charge in [0.05, 0.1) is 6.61 Å². The van der Waals surface area contributed by atoms with Crippen molar-refractivity contribution in [3.63, 3.8) is 0 Å². The van der Waals surface area contributed by atoms with Crippen LogP contribution in [0.15, 0.2) is 24.3 Å². The zero-order chi connectivity index (χ0) is 18.3. The molecule has 1 amide bonds. The van der Waals surface area contributed by atoms with Gasteiger partial charge in [-0.05, 0) is 31.9 Å². The number of aliphatic carboxylic acids is 1. The topological polar surface area (TPSA) is 75.6 Å². The third-order valence-corrected chi connectivity index (χ3v) is 4.02. The number of hydrogen-bond acceptors (Lipinski definition) is 3. The summed E-state index contributed by atoms with van der Waals surface area (Å²) >= 11 is 0. The number of aryl methyl sites for hydroxylation is 1. The van der Waals surface area contributed by atoms with E-state index in [4.69, 9.17) is 9.84 Å². The van der Waals surface area contributed by atoms with Crippen molar-refractivity contribution in [2.45, 2.75) is 64.7 Å². The maximum absolute atomic E-state index is 11.3. The second kappa shape index (κ2) is 13.3. The summed E-state index contributed by atoms with van der Waals surface area (Å²) in [4.78, 5) is 21.6. The number of amides is 1. The normalized spacial score (nSPS) is 10.4. The molecule has 0 aliphatic rings. The molecule has 140 valence electrons. The highest BCUT2D eigenvalue weighted by Gasteiger charge is 2.03. The molecule has 0 aromatic heterocycles. The SMILES string of the molecule is Cc1ccc(OCCCCCCCCCCC(=O)NCC(=O)O)cc1. The van der Waals surface area contributed by atoms with Crippen molar-refractivity contribution in [3.8, 4) is 5.75 Å². The molecule has 0 atom stereocenters. The molecule has 1 rings (SSSR count). The van der Waals surface area contributed by atoms with E-state index in [0.29, 0.717) is 6.42 Å². The molecule has 2 N–H and O–H groups in total. The Hall–Kier alpha value is -2.04. The quantitative estimate of drug-likeness (QED) is 0.496. The van der Waals surface area contributed by atoms with E-state index in [-0.39, 0.29) is 12.5 Å². The van der Waals surface area contributed by atoms with E-state index < -0.39 is 5.97 Å². The van der Waals surface area contributed by atoms with E-state index in [1.54, 1.807) is 0 Å². The first-order chi connectivity index (χ1) is 12.1. The third-order valence-electron chi connectivity index (χ3n) is 4.02. The molecular formula is C20H31NO4. The molecule has 0 aliphatic heterocycles. The van der Waals surface area contributed by atoms with Crippen molar-refractivity contribution in [3.05, 3.63) is 29.8 Å². The Kier molecular flexibility index (Phi) is 11.2. The predicted octanol–water partition coefficient (Wildman–Crippen LogP) is 4.09. The first-order valence-corrected chi connectivity index (χ1v) is 9.26. The van der Waals surface area contributed by atoms with Crippen LogP contribution in [0.5, 0.6) is 5.75 Å². The van der Waals surface area contributed by atoms with Gasteiger partial charge in [0.15, 0.2) is 0 Å². The molecule has 5 nitrogen and oxygen atoms in total. The van der Waals surface area contributed by atoms with Crippen LogP contribution in [0.4, 0.5) is 0 Å². The summed E-state index contributed by atoms with van der Waals surface area (Å²) in [6, 6.07) is 8.14. The lowest BCUT2D eigenvalue weighted by Crippen LogP contribution is -2.28. The monoisotopic (exact) mass is 349 g/mol. The van der Waals surface area contributed by atoms with E-state index in [1.807, 2.05) is 12.1 Å². The minimum absolute atomic E-state index is 0.170. The Morgan fingerprint density at radius 2 is 1.48 bits per heavy atom. The number of ether oxygens (including phenoxy) is 1. The summed E-state index contributed by atoms with van der Waals surface area (Å²) in [5.74, 6) is -0.230. The predicted molar refractivity (Wildman–Crippen MR) is 98.9 cm³/mol. The molecule has 1 aromatic carbocycles. The standard InChI is InChI=1S/C20H31NO4/c1-17-11-13-18(14-12-17)25-15-9-7-5-3-2-4-6-8-10-19(22)21-16-20(23)24/h11-14H,2-10,15-16H2,1H3,(H,21,22)(H,23,24). The minimum atomic E-state index is -1.00. The molecule has 5 heteroatoms. The van der Waals surface area contributed by atoms with Crippen molar-refractivity contribution in [2.75, 3.05) is 13.2 Å². The molecule has 0 radical (unpaired) electrons. The summed E-state index contributed by atoms with van der Waals surface area (Å²) in [6.45, 7) is 2.55. The Balaban J connectivity index is 1.83. The van der Waals surface area contributed by atoms with E-state index in [1.165, 1.54) is 31.2 Å². The van der Waals surface area contributed by atoms with Gasteiger partial charge in [-0.25, -0.2) is 0 Å². The van der Waals surface area contributed by atoms with Gasteiger partial charge in [0, 0.05) is 6.42 Å². The smallest absolute Gasteiger partial charge is 0.322 e. The number of rotatable bonds is 14. The van der Waals surface area contributed by atoms with Gasteiger partial charge in [0.25, 0.3) is 0 Å². The maximum Gasteiger partial charge on any atom is 0.322 e. The minimum Gasteiger partial charge on any atom is -0.494 e. The van der Waals surface area contributed by atoms with Gasteiger partial charge in [-0.1, -0.05) is 56.2 Å². The van der Waals surface area contributed by atoms with Crippen LogP contribution >= 0.6 is 0 Å². The summed E-state index contributed by atoms with van der Waals surface area (Å²) < 4.78 is 5.70. The van der Waals surface area contributed by atoms with Crippen molar-refractivity contribution < 1.29 is 19.4 Å². The fourth-order valence-electron chi connectivity index (χ4n) is 2.54. The number of carboxylic acid groups (broad SMARTS) is 1. The van der Waals surface area contributed by atoms with E-state index in [9.17, 15) is 9.59 Å². The molecule has 0 heterocycles. The molecule has 25 heavy (non-hydrogen) atoms. The van der Waals surface area contributed by atoms with Crippen LogP contribution < -0.4 is 10.1 Å². The van der Waals surface area contributed by atoms with E-state index >= 15 is 0 Å². The lowest BCUT2D eigenvalue weighted by molar-refractivity contribution is -0.137. The van der Waals surface area contributed by atoms with Crippen LogP contribution in [0.25, 0.3) is 0 Å². The molecule has 0 aliphatic carbocycles. The number of carbonyl (C=O) groups is 2. The van der Waals surface area contributed by atoms with Gasteiger partial charge in [-0.2, -0.15) is 0 Å². The summed E-state index contributed by atoms with van der Waals surface area (Å²) in [7, 11) is 0. The van der Waals surface area contributed by atoms with Gasteiger partial charge in [0.1, 0.15) is 12.3 Å². The van der Waals surface area contributed by atoms with Gasteiger partial charge >= 0.3 is 5.97 Å². The first-order valence-electron chi connectivity index (χ1n) is 9.26. The van der Waals surface area contributed by atoms with Crippen LogP contribution in [0.3, 0.4) is 0 Å². The Morgan fingerprint density at radius 3 is 2.08 bits per heavy atom. The summed E-state index contributed by atoms with van der Waals surface area (Å²) in [5.41, 5.74) is 1.24. The number of carbonyl (C=O) groups excluding carboxylic acids is 1. The molecule has 0 bridgehead atoms. The fraction of sp³-hybridized carbons (Fsp3) is 0.600. The average Bonchev–Trinajstić information content (AvgIpc) is 2.59. The number of benzene rings is 1. The van der Waals surface area contributed by atoms with Crippen LogP contribution in [0.1, 0.15) is 63.4 Å². The lowest BCUT2D eigenvalue weighted by atomic mass is 10.1. The fourth-order valence-corrected chi connectivity index (χ4v) is 2.54. The van der Waals surface area contributed by atoms with Gasteiger partial charge in [-0.3, -0.25) is 9.59 Å². The highest BCUT2D eigenvalue weighted by atomic mass is 16.5. The Morgan fingerprint density at radius 1 is 0.920 bits per heavy atom. The molecular weight excluding hydrogens is 318 g/mol. The van der Waals surface area contributed by atoms with E-state index in [0.717, 1.165) is 38.0 Å². The van der Waals surface area contributed by atoms with Crippen LogP contribution in [0, 0.1) is 6.92 Å². The molecule has 1 aromatic rings. The molecule has 0 fully saturated rings. The second-order valence-electron chi connectivity index (χ2n) is 6.41. The van der Waals surface area contributed by atoms with Crippen molar-refractivity contribution in [1.29, 1.82) is 0 Å². The number of unbranched alkanes of at least 4 members (excludes halogenated alkanes) is 7. The van der Waals surface area contributed by atoms with Crippen LogP contribution in [-0.4, -0.2) is 30.1 Å². The zero-order valence-electron chi connectivity index (χ0n) is 15.3. The van der Waals surface area contributed by atoms with Gasteiger partial charge < -0.3 is 15.2 Å². The first kappa shape index (κ1) is 21.0. The largest absolute Gasteiger partial charge is 0.494 e. The third kappa shape index (κ3) is 12.0. The number of nitrogens with one attached hydrogen (secondary N) is 1. The molecule has 0 spiro atoms. The van der Waals surface area contributed by atoms with Gasteiger partial charge in [-0.15, -0.1) is 0 Å². The zero-order valence-corrected chi connectivity index (χ0v) is 15.3. The highest BCUT2D eigenvalue weighted by molar-refractivity contribution is 5.80. The highest BCUT2D eigenvalue weighted by Crippen LogP contribution is 2.13. The van der Waals surface area contributed by atoms with Crippen molar-refractivity contribution in [1.82, 2.24) is 5.32 Å². The Bertz CT molecular complexity index is 499. The maximum atomic E-state index is 11.3. The van der Waals surface area contributed by atoms with E-state index in [2.05, 4.69) is 24.4 Å². The van der Waals surface area contributed by atoms with Crippen LogP contribution in [0.2, 0.25) is 0 Å². The summed E-state index contributed by atoms with van der Waals surface area (Å²) in [5, 5.41) is 10.8. The van der Waals surface area contributed by atoms with Crippen molar-refractivity contribution >= 4 is 11.9 Å². The average molecular weight is 349 g/mol. The number of hydrogen-bond donors (Lipinski definition) is 2.